The molecule has 0 aliphatic heterocycles. The van der Waals surface area contributed by atoms with Gasteiger partial charge in [0.25, 0.3) is 0 Å². The summed E-state index contributed by atoms with van der Waals surface area (Å²) in [4.78, 5) is 17.9. The van der Waals surface area contributed by atoms with Crippen molar-refractivity contribution in [2.24, 2.45) is 5.92 Å². The van der Waals surface area contributed by atoms with Gasteiger partial charge in [-0.3, -0.25) is 9.20 Å². The van der Waals surface area contributed by atoms with Crippen LogP contribution in [0.4, 0.5) is 0 Å². The molecule has 2 fully saturated rings. The molecule has 0 saturated heterocycles. The number of aromatic nitrogens is 2. The molecule has 0 bridgehead atoms. The zero-order chi connectivity index (χ0) is 20.1. The lowest BCUT2D eigenvalue weighted by molar-refractivity contribution is 0.0876. The van der Waals surface area contributed by atoms with Crippen molar-refractivity contribution >= 4 is 22.1 Å². The molecule has 0 spiro atoms. The molecule has 0 N–H and O–H groups in total. The van der Waals surface area contributed by atoms with Gasteiger partial charge < -0.3 is 0 Å². The highest BCUT2D eigenvalue weighted by Gasteiger charge is 2.34. The summed E-state index contributed by atoms with van der Waals surface area (Å²) in [6.45, 7) is 0. The minimum absolute atomic E-state index is 0.132. The van der Waals surface area contributed by atoms with Gasteiger partial charge in [0.1, 0.15) is 0 Å². The number of benzene rings is 2. The van der Waals surface area contributed by atoms with Gasteiger partial charge in [-0.15, -0.1) is 0 Å². The van der Waals surface area contributed by atoms with Crippen LogP contribution >= 0.6 is 0 Å². The van der Waals surface area contributed by atoms with Crippen molar-refractivity contribution in [3.8, 4) is 0 Å². The number of fused-ring (bicyclic) bond motifs is 2. The van der Waals surface area contributed by atoms with Crippen molar-refractivity contribution in [1.82, 2.24) is 9.38 Å². The van der Waals surface area contributed by atoms with Crippen molar-refractivity contribution in [1.29, 1.82) is 0 Å². The lowest BCUT2D eigenvalue weighted by Gasteiger charge is -2.29. The zero-order valence-electron chi connectivity index (χ0n) is 17.1. The highest BCUT2D eigenvalue weighted by molar-refractivity contribution is 5.98. The molecule has 150 valence electrons. The van der Waals surface area contributed by atoms with E-state index >= 15 is 0 Å². The third kappa shape index (κ3) is 3.04. The Kier molecular flexibility index (Phi) is 4.22. The second-order valence-electron chi connectivity index (χ2n) is 9.12. The molecule has 0 atom stereocenters. The number of Topliss-reactive ketones (excluding diaryl/α,β-unsaturated/α-hetero) is 1. The Hall–Kier alpha value is -2.94. The summed E-state index contributed by atoms with van der Waals surface area (Å²) in [6.07, 6.45) is 10.2. The van der Waals surface area contributed by atoms with Crippen molar-refractivity contribution in [3.63, 3.8) is 0 Å². The van der Waals surface area contributed by atoms with Gasteiger partial charge in [-0.1, -0.05) is 48.5 Å². The van der Waals surface area contributed by atoms with Gasteiger partial charge in [0.05, 0.1) is 23.7 Å². The van der Waals surface area contributed by atoms with Crippen molar-refractivity contribution < 1.29 is 4.79 Å². The Morgan fingerprint density at radius 3 is 2.40 bits per heavy atom. The molecule has 2 aliphatic rings. The zero-order valence-corrected chi connectivity index (χ0v) is 17.1. The van der Waals surface area contributed by atoms with Gasteiger partial charge in [0.15, 0.2) is 5.78 Å². The van der Waals surface area contributed by atoms with Crippen LogP contribution in [-0.2, 0) is 0 Å². The summed E-state index contributed by atoms with van der Waals surface area (Å²) in [6, 6.07) is 19.7. The second kappa shape index (κ2) is 7.09. The quantitative estimate of drug-likeness (QED) is 0.369. The van der Waals surface area contributed by atoms with Gasteiger partial charge in [-0.2, -0.15) is 0 Å². The minimum atomic E-state index is 0.132. The number of hydrogen-bond donors (Lipinski definition) is 0. The summed E-state index contributed by atoms with van der Waals surface area (Å²) in [7, 11) is 0. The number of hydrogen-bond acceptors (Lipinski definition) is 2. The van der Waals surface area contributed by atoms with E-state index in [1.807, 2.05) is 16.9 Å². The van der Waals surface area contributed by atoms with E-state index in [0.717, 1.165) is 36.9 Å². The van der Waals surface area contributed by atoms with E-state index in [4.69, 9.17) is 0 Å². The Balaban J connectivity index is 1.24. The normalized spacial score (nSPS) is 21.9. The smallest absolute Gasteiger partial charge is 0.182 e. The van der Waals surface area contributed by atoms with E-state index < -0.39 is 0 Å². The Bertz CT molecular complexity index is 1240. The van der Waals surface area contributed by atoms with E-state index in [0.29, 0.717) is 17.6 Å². The molecule has 2 saturated carbocycles. The fraction of sp³-hybridized carbons (Fsp3) is 0.333. The summed E-state index contributed by atoms with van der Waals surface area (Å²) in [5.74, 6) is 1.58. The van der Waals surface area contributed by atoms with Crippen molar-refractivity contribution in [3.05, 3.63) is 83.9 Å². The van der Waals surface area contributed by atoms with Crippen LogP contribution < -0.4 is 0 Å². The van der Waals surface area contributed by atoms with Gasteiger partial charge in [0, 0.05) is 5.92 Å². The first-order chi connectivity index (χ1) is 14.8. The number of nitrogens with zero attached hydrogens (tertiary/aromatic N) is 2. The predicted octanol–water partition coefficient (Wildman–Crippen LogP) is 6.52. The Morgan fingerprint density at radius 2 is 1.60 bits per heavy atom. The second-order valence-corrected chi connectivity index (χ2v) is 9.12. The van der Waals surface area contributed by atoms with Crippen molar-refractivity contribution in [2.75, 3.05) is 0 Å². The number of pyridine rings is 1. The van der Waals surface area contributed by atoms with E-state index in [1.165, 1.54) is 34.7 Å². The highest BCUT2D eigenvalue weighted by atomic mass is 16.1. The predicted molar refractivity (Wildman–Crippen MR) is 120 cm³/mol. The molecule has 3 heteroatoms. The van der Waals surface area contributed by atoms with E-state index in [9.17, 15) is 4.79 Å². The maximum absolute atomic E-state index is 13.6. The Labute approximate surface area is 176 Å². The van der Waals surface area contributed by atoms with Crippen molar-refractivity contribution in [2.45, 2.75) is 50.4 Å². The molecule has 2 heterocycles. The van der Waals surface area contributed by atoms with Crippen LogP contribution in [0.1, 0.15) is 72.0 Å². The van der Waals surface area contributed by atoms with Crippen LogP contribution in [0.3, 0.4) is 0 Å². The first-order valence-electron chi connectivity index (χ1n) is 11.3. The van der Waals surface area contributed by atoms with E-state index in [-0.39, 0.29) is 5.92 Å². The highest BCUT2D eigenvalue weighted by Crippen LogP contribution is 2.44. The molecule has 0 unspecified atom stereocenters. The average Bonchev–Trinajstić information content (AvgIpc) is 3.54. The molecule has 30 heavy (non-hydrogen) atoms. The monoisotopic (exact) mass is 394 g/mol. The first kappa shape index (κ1) is 17.9. The molecular formula is C27H26N2O. The van der Waals surface area contributed by atoms with Crippen LogP contribution in [0.15, 0.2) is 67.1 Å². The lowest BCUT2D eigenvalue weighted by Crippen LogP contribution is -2.24. The lowest BCUT2D eigenvalue weighted by atomic mass is 9.76. The molecule has 4 aromatic rings. The summed E-state index contributed by atoms with van der Waals surface area (Å²) < 4.78 is 2.03. The summed E-state index contributed by atoms with van der Waals surface area (Å²) in [5, 5.41) is 2.61. The fourth-order valence-corrected chi connectivity index (χ4v) is 5.34. The van der Waals surface area contributed by atoms with Crippen LogP contribution in [-0.4, -0.2) is 15.2 Å². The van der Waals surface area contributed by atoms with Gasteiger partial charge in [-0.05, 0) is 78.3 Å². The van der Waals surface area contributed by atoms with Crippen LogP contribution in [0.2, 0.25) is 0 Å². The molecule has 3 nitrogen and oxygen atoms in total. The molecule has 2 aromatic heterocycles. The van der Waals surface area contributed by atoms with E-state index in [1.54, 1.807) is 0 Å². The van der Waals surface area contributed by atoms with Gasteiger partial charge in [-0.25, -0.2) is 4.98 Å². The SMILES string of the molecule is O=C(c1c(C2CC2)ccc2cncn12)C1CCC(c2ccc3ccccc3c2)CC1. The summed E-state index contributed by atoms with van der Waals surface area (Å²) in [5.41, 5.74) is 4.59. The van der Waals surface area contributed by atoms with Crippen LogP contribution in [0, 0.1) is 5.92 Å². The Morgan fingerprint density at radius 1 is 0.833 bits per heavy atom. The number of carbonyl (C=O) groups excluding carboxylic acids is 1. The molecule has 2 aromatic carbocycles. The number of imidazole rings is 1. The fourth-order valence-electron chi connectivity index (χ4n) is 5.34. The van der Waals surface area contributed by atoms with Crippen LogP contribution in [0.5, 0.6) is 0 Å². The minimum Gasteiger partial charge on any atom is -0.296 e. The standard InChI is InChI=1S/C27H26N2O/c30-27(26-25(20-8-9-20)14-13-24-16-28-17-29(24)26)21-10-5-19(6-11-21)23-12-7-18-3-1-2-4-22(18)15-23/h1-4,7,12-17,19-21H,5-6,8-11H2. The molecule has 2 aliphatic carbocycles. The number of rotatable bonds is 4. The van der Waals surface area contributed by atoms with Gasteiger partial charge in [0.2, 0.25) is 0 Å². The summed E-state index contributed by atoms with van der Waals surface area (Å²) >= 11 is 0. The maximum Gasteiger partial charge on any atom is 0.182 e. The largest absolute Gasteiger partial charge is 0.296 e. The number of ketones is 1. The first-order valence-corrected chi connectivity index (χ1v) is 11.3. The maximum atomic E-state index is 13.6. The van der Waals surface area contributed by atoms with Crippen LogP contribution in [0.25, 0.3) is 16.3 Å². The van der Waals surface area contributed by atoms with E-state index in [2.05, 4.69) is 59.6 Å². The third-order valence-electron chi connectivity index (χ3n) is 7.21. The number of carbonyl (C=O) groups is 1. The van der Waals surface area contributed by atoms with Gasteiger partial charge >= 0.3 is 0 Å². The third-order valence-corrected chi connectivity index (χ3v) is 7.21. The average molecular weight is 395 g/mol. The molecular weight excluding hydrogens is 368 g/mol. The molecule has 0 amide bonds. The molecule has 6 rings (SSSR count). The molecule has 0 radical (unpaired) electrons. The topological polar surface area (TPSA) is 34.4 Å².